The molecule has 2 heterocycles. The van der Waals surface area contributed by atoms with Gasteiger partial charge in [-0.25, -0.2) is 9.78 Å². The molecule has 0 aliphatic rings. The first-order valence-corrected chi connectivity index (χ1v) is 8.35. The third-order valence-electron chi connectivity index (χ3n) is 4.08. The highest BCUT2D eigenvalue weighted by Crippen LogP contribution is 2.25. The van der Waals surface area contributed by atoms with Crippen LogP contribution in [0.25, 0.3) is 21.9 Å². The summed E-state index contributed by atoms with van der Waals surface area (Å²) in [6, 6.07) is 8.09. The number of pyridine rings is 1. The monoisotopic (exact) mass is 326 g/mol. The molecule has 0 aliphatic carbocycles. The van der Waals surface area contributed by atoms with Crippen molar-refractivity contribution in [3.63, 3.8) is 0 Å². The van der Waals surface area contributed by atoms with E-state index in [-0.39, 0.29) is 0 Å². The van der Waals surface area contributed by atoms with Gasteiger partial charge in [-0.3, -0.25) is 4.98 Å². The largest absolute Gasteiger partial charge is 0.450 e. The summed E-state index contributed by atoms with van der Waals surface area (Å²) < 4.78 is 7.09. The molecule has 3 rings (SSSR count). The Labute approximate surface area is 140 Å². The summed E-state index contributed by atoms with van der Waals surface area (Å²) >= 11 is 0. The smallest absolute Gasteiger partial charge is 0.404 e. The number of imidazole rings is 1. The van der Waals surface area contributed by atoms with Crippen LogP contribution in [0, 0.1) is 0 Å². The molecule has 0 saturated heterocycles. The number of aryl methyl sites for hydroxylation is 2. The zero-order valence-electron chi connectivity index (χ0n) is 13.9. The molecule has 2 N–H and O–H groups in total. The van der Waals surface area contributed by atoms with Gasteiger partial charge in [-0.05, 0) is 18.9 Å². The van der Waals surface area contributed by atoms with Gasteiger partial charge in [0.15, 0.2) is 0 Å². The minimum absolute atomic E-state index is 0.311. The van der Waals surface area contributed by atoms with Gasteiger partial charge in [0.05, 0.1) is 23.8 Å². The van der Waals surface area contributed by atoms with Gasteiger partial charge in [0.1, 0.15) is 11.3 Å². The lowest BCUT2D eigenvalue weighted by molar-refractivity contribution is 0.153. The number of unbranched alkanes of at least 4 members (excludes halogenated alkanes) is 1. The molecule has 1 amide bonds. The Hall–Kier alpha value is -2.63. The molecule has 126 valence electrons. The van der Waals surface area contributed by atoms with Crippen molar-refractivity contribution in [2.75, 3.05) is 6.61 Å². The lowest BCUT2D eigenvalue weighted by atomic mass is 10.2. The minimum atomic E-state index is -0.730. The molecule has 0 atom stereocenters. The fourth-order valence-electron chi connectivity index (χ4n) is 2.97. The number of benzene rings is 1. The molecule has 0 aliphatic heterocycles. The van der Waals surface area contributed by atoms with Crippen molar-refractivity contribution >= 4 is 28.0 Å². The maximum Gasteiger partial charge on any atom is 0.404 e. The SMILES string of the molecule is CCCCc1nc2cnc3ccccc3c2n1CCCOC(N)=O. The number of amides is 1. The number of para-hydroxylation sites is 1. The quantitative estimate of drug-likeness (QED) is 0.674. The Morgan fingerprint density at radius 1 is 1.25 bits per heavy atom. The van der Waals surface area contributed by atoms with E-state index in [1.807, 2.05) is 24.4 Å². The summed E-state index contributed by atoms with van der Waals surface area (Å²) in [5.41, 5.74) is 8.00. The van der Waals surface area contributed by atoms with E-state index in [2.05, 4.69) is 22.5 Å². The Balaban J connectivity index is 2.00. The molecule has 0 bridgehead atoms. The van der Waals surface area contributed by atoms with Crippen LogP contribution >= 0.6 is 0 Å². The number of nitrogens with zero attached hydrogens (tertiary/aromatic N) is 3. The average Bonchev–Trinajstić information content (AvgIpc) is 2.94. The third-order valence-corrected chi connectivity index (χ3v) is 4.08. The number of fused-ring (bicyclic) bond motifs is 3. The molecular formula is C18H22N4O2. The number of rotatable bonds is 7. The Morgan fingerprint density at radius 2 is 2.08 bits per heavy atom. The first-order valence-electron chi connectivity index (χ1n) is 8.35. The minimum Gasteiger partial charge on any atom is -0.450 e. The van der Waals surface area contributed by atoms with Gasteiger partial charge in [-0.15, -0.1) is 0 Å². The lowest BCUT2D eigenvalue weighted by Gasteiger charge is -2.10. The van der Waals surface area contributed by atoms with Crippen molar-refractivity contribution in [1.29, 1.82) is 0 Å². The summed E-state index contributed by atoms with van der Waals surface area (Å²) in [7, 11) is 0. The fourth-order valence-corrected chi connectivity index (χ4v) is 2.97. The van der Waals surface area contributed by atoms with Crippen molar-refractivity contribution in [2.24, 2.45) is 5.73 Å². The van der Waals surface area contributed by atoms with Gasteiger partial charge in [0.25, 0.3) is 0 Å². The molecule has 1 aromatic carbocycles. The lowest BCUT2D eigenvalue weighted by Crippen LogP contribution is -2.15. The highest BCUT2D eigenvalue weighted by atomic mass is 16.5. The van der Waals surface area contributed by atoms with Crippen molar-refractivity contribution in [1.82, 2.24) is 14.5 Å². The normalized spacial score (nSPS) is 11.2. The molecule has 2 aromatic heterocycles. The second-order valence-electron chi connectivity index (χ2n) is 5.81. The van der Waals surface area contributed by atoms with Crippen LogP contribution < -0.4 is 5.73 Å². The molecule has 0 unspecified atom stereocenters. The zero-order valence-corrected chi connectivity index (χ0v) is 13.9. The van der Waals surface area contributed by atoms with Crippen molar-refractivity contribution in [3.8, 4) is 0 Å². The van der Waals surface area contributed by atoms with Crippen molar-refractivity contribution < 1.29 is 9.53 Å². The maximum atomic E-state index is 10.7. The van der Waals surface area contributed by atoms with E-state index in [0.29, 0.717) is 13.0 Å². The van der Waals surface area contributed by atoms with Crippen LogP contribution in [0.15, 0.2) is 30.5 Å². The molecule has 3 aromatic rings. The topological polar surface area (TPSA) is 83.0 Å². The Kier molecular flexibility index (Phi) is 4.93. The van der Waals surface area contributed by atoms with Crippen LogP contribution in [0.4, 0.5) is 4.79 Å². The van der Waals surface area contributed by atoms with Gasteiger partial charge in [0, 0.05) is 18.4 Å². The second-order valence-corrected chi connectivity index (χ2v) is 5.81. The highest BCUT2D eigenvalue weighted by Gasteiger charge is 2.13. The summed E-state index contributed by atoms with van der Waals surface area (Å²) in [4.78, 5) is 20.0. The number of ether oxygens (including phenoxy) is 1. The van der Waals surface area contributed by atoms with Crippen LogP contribution in [0.2, 0.25) is 0 Å². The average molecular weight is 326 g/mol. The third kappa shape index (κ3) is 3.32. The van der Waals surface area contributed by atoms with Gasteiger partial charge in [-0.1, -0.05) is 31.5 Å². The van der Waals surface area contributed by atoms with E-state index in [1.54, 1.807) is 0 Å². The fraction of sp³-hybridized carbons (Fsp3) is 0.389. The standard InChI is InChI=1S/C18H22N4O2/c1-2-3-9-16-21-15-12-20-14-8-5-4-7-13(14)17(15)22(16)10-6-11-24-18(19)23/h4-5,7-8,12H,2-3,6,9-11H2,1H3,(H2,19,23). The van der Waals surface area contributed by atoms with Gasteiger partial charge in [0.2, 0.25) is 0 Å². The van der Waals surface area contributed by atoms with Gasteiger partial charge >= 0.3 is 6.09 Å². The first-order chi connectivity index (χ1) is 11.7. The first kappa shape index (κ1) is 16.2. The van der Waals surface area contributed by atoms with Gasteiger partial charge < -0.3 is 15.0 Å². The number of primary amides is 1. The summed E-state index contributed by atoms with van der Waals surface area (Å²) in [6.07, 6.45) is 4.94. The molecule has 0 radical (unpaired) electrons. The summed E-state index contributed by atoms with van der Waals surface area (Å²) in [5, 5.41) is 1.10. The molecule has 6 heteroatoms. The molecular weight excluding hydrogens is 304 g/mol. The summed E-state index contributed by atoms with van der Waals surface area (Å²) in [5.74, 6) is 1.06. The number of carbonyl (C=O) groups excluding carboxylic acids is 1. The van der Waals surface area contributed by atoms with Crippen LogP contribution in [0.5, 0.6) is 0 Å². The van der Waals surface area contributed by atoms with Crippen LogP contribution in [0.1, 0.15) is 32.0 Å². The zero-order chi connectivity index (χ0) is 16.9. The number of hydrogen-bond donors (Lipinski definition) is 1. The molecule has 0 fully saturated rings. The maximum absolute atomic E-state index is 10.7. The van der Waals surface area contributed by atoms with Crippen molar-refractivity contribution in [2.45, 2.75) is 39.2 Å². The number of nitrogens with two attached hydrogens (primary N) is 1. The van der Waals surface area contributed by atoms with Crippen LogP contribution in [-0.4, -0.2) is 27.2 Å². The molecule has 6 nitrogen and oxygen atoms in total. The number of aromatic nitrogens is 3. The number of hydrogen-bond acceptors (Lipinski definition) is 4. The van der Waals surface area contributed by atoms with E-state index in [4.69, 9.17) is 15.5 Å². The second kappa shape index (κ2) is 7.29. The summed E-state index contributed by atoms with van der Waals surface area (Å²) in [6.45, 7) is 3.22. The number of carbonyl (C=O) groups is 1. The van der Waals surface area contributed by atoms with Crippen LogP contribution in [-0.2, 0) is 17.7 Å². The van der Waals surface area contributed by atoms with Gasteiger partial charge in [-0.2, -0.15) is 0 Å². The van der Waals surface area contributed by atoms with Crippen molar-refractivity contribution in [3.05, 3.63) is 36.3 Å². The van der Waals surface area contributed by atoms with E-state index >= 15 is 0 Å². The Morgan fingerprint density at radius 3 is 2.88 bits per heavy atom. The van der Waals surface area contributed by atoms with E-state index < -0.39 is 6.09 Å². The Bertz CT molecular complexity index is 857. The molecule has 0 spiro atoms. The molecule has 24 heavy (non-hydrogen) atoms. The predicted molar refractivity (Wildman–Crippen MR) is 93.8 cm³/mol. The highest BCUT2D eigenvalue weighted by molar-refractivity contribution is 6.02. The van der Waals surface area contributed by atoms with E-state index in [1.165, 1.54) is 0 Å². The molecule has 0 saturated carbocycles. The van der Waals surface area contributed by atoms with Crippen LogP contribution in [0.3, 0.4) is 0 Å². The predicted octanol–water partition coefficient (Wildman–Crippen LogP) is 3.41. The van der Waals surface area contributed by atoms with E-state index in [9.17, 15) is 4.79 Å². The van der Waals surface area contributed by atoms with E-state index in [0.717, 1.165) is 53.6 Å².